The van der Waals surface area contributed by atoms with Gasteiger partial charge in [0.2, 0.25) is 5.91 Å². The van der Waals surface area contributed by atoms with Gasteiger partial charge in [0.1, 0.15) is 6.04 Å². The molecule has 5 N–H and O–H groups in total. The van der Waals surface area contributed by atoms with Gasteiger partial charge >= 0.3 is 12.0 Å². The number of nitrogens with one attached hydrogen (secondary N) is 2. The average molecular weight is 300 g/mol. The Balaban J connectivity index is 2.41. The van der Waals surface area contributed by atoms with E-state index >= 15 is 0 Å². The van der Waals surface area contributed by atoms with E-state index in [4.69, 9.17) is 10.8 Å². The van der Waals surface area contributed by atoms with Crippen LogP contribution in [0.1, 0.15) is 23.5 Å². The van der Waals surface area contributed by atoms with Crippen LogP contribution in [0, 0.1) is 6.92 Å². The van der Waals surface area contributed by atoms with E-state index in [-0.39, 0.29) is 19.4 Å². The summed E-state index contributed by atoms with van der Waals surface area (Å²) in [4.78, 5) is 37.3. The molecule has 0 spiro atoms. The zero-order valence-corrected chi connectivity index (χ0v) is 11.7. The molecular weight excluding hydrogens is 284 g/mol. The molecule has 3 amide bonds. The van der Waals surface area contributed by atoms with Crippen molar-refractivity contribution in [2.45, 2.75) is 32.4 Å². The zero-order valence-electron chi connectivity index (χ0n) is 10.9. The molecule has 0 aromatic carbocycles. The quantitative estimate of drug-likeness (QED) is 0.561. The van der Waals surface area contributed by atoms with Crippen LogP contribution in [0.4, 0.5) is 4.79 Å². The third-order valence-corrected chi connectivity index (χ3v) is 3.20. The number of hydrogen-bond acceptors (Lipinski definition) is 5. The van der Waals surface area contributed by atoms with Gasteiger partial charge < -0.3 is 21.5 Å². The predicted molar refractivity (Wildman–Crippen MR) is 72.1 cm³/mol. The summed E-state index contributed by atoms with van der Waals surface area (Å²) in [6.45, 7) is 2.05. The second-order valence-electron chi connectivity index (χ2n) is 4.08. The van der Waals surface area contributed by atoms with Gasteiger partial charge in [-0.3, -0.25) is 4.79 Å². The predicted octanol–water partition coefficient (Wildman–Crippen LogP) is -0.0306. The lowest BCUT2D eigenvalue weighted by atomic mass is 10.1. The standard InChI is InChI=1S/C11H16N4O4S/c1-6-14-7(5-20-6)4-13-11(19)15-8(10(17)18)2-3-9(12)16/h5,8H,2-4H2,1H3,(H2,12,16)(H,17,18)(H2,13,15,19). The fourth-order valence-electron chi connectivity index (χ4n) is 1.41. The Bertz CT molecular complexity index is 502. The molecule has 0 saturated carbocycles. The van der Waals surface area contributed by atoms with Crippen LogP contribution < -0.4 is 16.4 Å². The number of aliphatic carboxylic acids is 1. The maximum atomic E-state index is 11.6. The average Bonchev–Trinajstić information content (AvgIpc) is 2.77. The fraction of sp³-hybridized carbons (Fsp3) is 0.455. The van der Waals surface area contributed by atoms with Gasteiger partial charge in [-0.2, -0.15) is 0 Å². The van der Waals surface area contributed by atoms with Crippen LogP contribution >= 0.6 is 11.3 Å². The van der Waals surface area contributed by atoms with Crippen molar-refractivity contribution in [3.05, 3.63) is 16.1 Å². The second-order valence-corrected chi connectivity index (χ2v) is 5.14. The van der Waals surface area contributed by atoms with Gasteiger partial charge in [-0.1, -0.05) is 0 Å². The van der Waals surface area contributed by atoms with Crippen LogP contribution in [0.15, 0.2) is 5.38 Å². The monoisotopic (exact) mass is 300 g/mol. The van der Waals surface area contributed by atoms with Crippen LogP contribution in [-0.4, -0.2) is 34.0 Å². The molecule has 0 aliphatic heterocycles. The number of nitrogens with zero attached hydrogens (tertiary/aromatic N) is 1. The first kappa shape index (κ1) is 15.9. The molecule has 0 saturated heterocycles. The zero-order chi connectivity index (χ0) is 15.1. The molecule has 1 atom stereocenters. The van der Waals surface area contributed by atoms with Crippen LogP contribution in [-0.2, 0) is 16.1 Å². The number of carboxylic acid groups (broad SMARTS) is 1. The first-order chi connectivity index (χ1) is 9.38. The highest BCUT2D eigenvalue weighted by molar-refractivity contribution is 7.09. The Morgan fingerprint density at radius 3 is 2.70 bits per heavy atom. The van der Waals surface area contributed by atoms with Crippen molar-refractivity contribution in [1.29, 1.82) is 0 Å². The van der Waals surface area contributed by atoms with E-state index in [1.54, 1.807) is 5.38 Å². The molecule has 1 rings (SSSR count). The van der Waals surface area contributed by atoms with Crippen molar-refractivity contribution < 1.29 is 19.5 Å². The summed E-state index contributed by atoms with van der Waals surface area (Å²) >= 11 is 1.46. The minimum atomic E-state index is -1.22. The van der Waals surface area contributed by atoms with Gasteiger partial charge in [0.15, 0.2) is 0 Å². The summed E-state index contributed by atoms with van der Waals surface area (Å²) in [5.41, 5.74) is 5.64. The molecule has 1 aromatic rings. The molecular formula is C11H16N4O4S. The van der Waals surface area contributed by atoms with Gasteiger partial charge in [0.25, 0.3) is 0 Å². The van der Waals surface area contributed by atoms with E-state index in [0.717, 1.165) is 5.01 Å². The Morgan fingerprint density at radius 1 is 1.50 bits per heavy atom. The number of urea groups is 1. The summed E-state index contributed by atoms with van der Waals surface area (Å²) in [7, 11) is 0. The van der Waals surface area contributed by atoms with E-state index in [1.807, 2.05) is 6.92 Å². The SMILES string of the molecule is Cc1nc(CNC(=O)NC(CCC(N)=O)C(=O)O)cs1. The van der Waals surface area contributed by atoms with Crippen molar-refractivity contribution in [1.82, 2.24) is 15.6 Å². The van der Waals surface area contributed by atoms with Gasteiger partial charge in [0.05, 0.1) is 17.2 Å². The number of carboxylic acids is 1. The van der Waals surface area contributed by atoms with Crippen molar-refractivity contribution in [3.63, 3.8) is 0 Å². The van der Waals surface area contributed by atoms with Gasteiger partial charge in [-0.25, -0.2) is 14.6 Å². The summed E-state index contributed by atoms with van der Waals surface area (Å²) in [6, 6.07) is -1.79. The molecule has 0 aliphatic rings. The molecule has 0 radical (unpaired) electrons. The highest BCUT2D eigenvalue weighted by Crippen LogP contribution is 2.07. The summed E-state index contributed by atoms with van der Waals surface area (Å²) in [6.07, 6.45) is -0.156. The number of rotatable bonds is 7. The Morgan fingerprint density at radius 2 is 2.20 bits per heavy atom. The molecule has 110 valence electrons. The van der Waals surface area contributed by atoms with Gasteiger partial charge in [-0.05, 0) is 13.3 Å². The van der Waals surface area contributed by atoms with Crippen molar-refractivity contribution in [2.24, 2.45) is 5.73 Å². The van der Waals surface area contributed by atoms with E-state index in [0.29, 0.717) is 5.69 Å². The molecule has 9 heteroatoms. The molecule has 0 fully saturated rings. The molecule has 0 aliphatic carbocycles. The molecule has 1 aromatic heterocycles. The number of carbonyl (C=O) groups excluding carboxylic acids is 2. The first-order valence-electron chi connectivity index (χ1n) is 5.85. The Kier molecular flexibility index (Phi) is 5.91. The number of thiazole rings is 1. The van der Waals surface area contributed by atoms with Crippen LogP contribution in [0.2, 0.25) is 0 Å². The summed E-state index contributed by atoms with van der Waals surface area (Å²) in [5.74, 6) is -1.83. The number of amides is 3. The maximum absolute atomic E-state index is 11.6. The summed E-state index contributed by atoms with van der Waals surface area (Å²) < 4.78 is 0. The van der Waals surface area contributed by atoms with E-state index in [9.17, 15) is 14.4 Å². The lowest BCUT2D eigenvalue weighted by Gasteiger charge is -2.14. The number of carbonyl (C=O) groups is 3. The van der Waals surface area contributed by atoms with Crippen LogP contribution in [0.5, 0.6) is 0 Å². The number of nitrogens with two attached hydrogens (primary N) is 1. The van der Waals surface area contributed by atoms with Crippen molar-refractivity contribution >= 4 is 29.2 Å². The van der Waals surface area contributed by atoms with E-state index in [1.165, 1.54) is 11.3 Å². The smallest absolute Gasteiger partial charge is 0.326 e. The van der Waals surface area contributed by atoms with Crippen LogP contribution in [0.3, 0.4) is 0 Å². The highest BCUT2D eigenvalue weighted by atomic mass is 32.1. The maximum Gasteiger partial charge on any atom is 0.326 e. The molecule has 1 unspecified atom stereocenters. The lowest BCUT2D eigenvalue weighted by Crippen LogP contribution is -2.46. The molecule has 20 heavy (non-hydrogen) atoms. The number of hydrogen-bond donors (Lipinski definition) is 4. The van der Waals surface area contributed by atoms with Crippen molar-refractivity contribution in [2.75, 3.05) is 0 Å². The van der Waals surface area contributed by atoms with E-state index in [2.05, 4.69) is 15.6 Å². The number of aryl methyl sites for hydroxylation is 1. The second kappa shape index (κ2) is 7.43. The minimum Gasteiger partial charge on any atom is -0.480 e. The highest BCUT2D eigenvalue weighted by Gasteiger charge is 2.20. The normalized spacial score (nSPS) is 11.7. The minimum absolute atomic E-state index is 0.0477. The third kappa shape index (κ3) is 5.65. The molecule has 1 heterocycles. The molecule has 8 nitrogen and oxygen atoms in total. The fourth-order valence-corrected chi connectivity index (χ4v) is 2.03. The largest absolute Gasteiger partial charge is 0.480 e. The Labute approximate surface area is 119 Å². The van der Waals surface area contributed by atoms with Gasteiger partial charge in [-0.15, -0.1) is 11.3 Å². The van der Waals surface area contributed by atoms with Crippen LogP contribution in [0.25, 0.3) is 0 Å². The van der Waals surface area contributed by atoms with E-state index < -0.39 is 23.9 Å². The topological polar surface area (TPSA) is 134 Å². The first-order valence-corrected chi connectivity index (χ1v) is 6.73. The number of primary amides is 1. The summed E-state index contributed by atoms with van der Waals surface area (Å²) in [5, 5.41) is 16.4. The lowest BCUT2D eigenvalue weighted by molar-refractivity contribution is -0.139. The third-order valence-electron chi connectivity index (χ3n) is 2.38. The molecule has 0 bridgehead atoms. The number of aromatic nitrogens is 1. The Hall–Kier alpha value is -2.16. The van der Waals surface area contributed by atoms with Crippen molar-refractivity contribution in [3.8, 4) is 0 Å². The van der Waals surface area contributed by atoms with Gasteiger partial charge in [0, 0.05) is 11.8 Å².